The molecule has 3 rings (SSSR count). The molecule has 0 bridgehead atoms. The van der Waals surface area contributed by atoms with E-state index < -0.39 is 6.10 Å². The molecule has 0 saturated heterocycles. The minimum absolute atomic E-state index is 0.00325. The topological polar surface area (TPSA) is 46.8 Å². The number of likely N-dealkylation sites (N-methyl/N-ethyl adjacent to an activating group) is 1. The summed E-state index contributed by atoms with van der Waals surface area (Å²) in [6.45, 7) is 7.66. The van der Waals surface area contributed by atoms with Crippen LogP contribution in [0.2, 0.25) is 0 Å². The van der Waals surface area contributed by atoms with Crippen molar-refractivity contribution in [3.63, 3.8) is 0 Å². The van der Waals surface area contributed by atoms with Crippen molar-refractivity contribution in [2.75, 3.05) is 13.6 Å². The summed E-state index contributed by atoms with van der Waals surface area (Å²) in [7, 11) is 1.83. The predicted molar refractivity (Wildman–Crippen MR) is 96.1 cm³/mol. The van der Waals surface area contributed by atoms with Crippen LogP contribution in [0, 0.1) is 12.8 Å². The molecule has 0 saturated carbocycles. The number of aryl methyl sites for hydroxylation is 1. The van der Waals surface area contributed by atoms with Crippen LogP contribution >= 0.6 is 0 Å². The molecule has 0 N–H and O–H groups in total. The maximum absolute atomic E-state index is 12.5. The van der Waals surface area contributed by atoms with Gasteiger partial charge in [-0.2, -0.15) is 0 Å². The van der Waals surface area contributed by atoms with E-state index in [1.165, 1.54) is 16.6 Å². The van der Waals surface area contributed by atoms with Gasteiger partial charge in [0.25, 0.3) is 5.91 Å². The summed E-state index contributed by atoms with van der Waals surface area (Å²) in [5, 5.41) is 5.28. The van der Waals surface area contributed by atoms with Gasteiger partial charge in [-0.05, 0) is 30.4 Å². The van der Waals surface area contributed by atoms with Gasteiger partial charge in [0, 0.05) is 37.8 Å². The SMILES string of the molecule is Cc1cc2ccccc2n1CCN(C)C(=O)C1CC(C(C)C)=NO1. The number of hydrogen-bond donors (Lipinski definition) is 0. The van der Waals surface area contributed by atoms with Gasteiger partial charge in [0.15, 0.2) is 0 Å². The fourth-order valence-corrected chi connectivity index (χ4v) is 3.12. The Labute approximate surface area is 142 Å². The highest BCUT2D eigenvalue weighted by Crippen LogP contribution is 2.20. The largest absolute Gasteiger partial charge is 0.382 e. The summed E-state index contributed by atoms with van der Waals surface area (Å²) < 4.78 is 2.25. The first-order valence-electron chi connectivity index (χ1n) is 8.50. The minimum Gasteiger partial charge on any atom is -0.382 e. The van der Waals surface area contributed by atoms with E-state index in [9.17, 15) is 4.79 Å². The van der Waals surface area contributed by atoms with Crippen molar-refractivity contribution in [3.05, 3.63) is 36.0 Å². The highest BCUT2D eigenvalue weighted by atomic mass is 16.6. The van der Waals surface area contributed by atoms with E-state index in [1.54, 1.807) is 4.90 Å². The van der Waals surface area contributed by atoms with Gasteiger partial charge >= 0.3 is 0 Å². The molecule has 1 unspecified atom stereocenters. The zero-order valence-corrected chi connectivity index (χ0v) is 14.8. The van der Waals surface area contributed by atoms with Crippen molar-refractivity contribution >= 4 is 22.5 Å². The Bertz CT molecular complexity index is 776. The van der Waals surface area contributed by atoms with E-state index in [1.807, 2.05) is 19.2 Å². The average molecular weight is 327 g/mol. The van der Waals surface area contributed by atoms with Crippen LogP contribution in [0.4, 0.5) is 0 Å². The number of rotatable bonds is 5. The zero-order valence-electron chi connectivity index (χ0n) is 14.8. The molecule has 0 radical (unpaired) electrons. The van der Waals surface area contributed by atoms with Crippen LogP contribution in [-0.4, -0.2) is 40.8 Å². The van der Waals surface area contributed by atoms with Crippen molar-refractivity contribution in [1.29, 1.82) is 0 Å². The summed E-state index contributed by atoms with van der Waals surface area (Å²) in [5.74, 6) is 0.325. The van der Waals surface area contributed by atoms with Crippen LogP contribution in [0.1, 0.15) is 26.0 Å². The van der Waals surface area contributed by atoms with Gasteiger partial charge in [-0.3, -0.25) is 4.79 Å². The third-order valence-electron chi connectivity index (χ3n) is 4.69. The Hall–Kier alpha value is -2.30. The summed E-state index contributed by atoms with van der Waals surface area (Å²) in [6, 6.07) is 10.5. The molecule has 1 atom stereocenters. The number of aromatic nitrogens is 1. The number of benzene rings is 1. The molecule has 5 heteroatoms. The van der Waals surface area contributed by atoms with E-state index in [4.69, 9.17) is 4.84 Å². The Balaban J connectivity index is 1.62. The van der Waals surface area contributed by atoms with E-state index in [0.29, 0.717) is 18.9 Å². The van der Waals surface area contributed by atoms with E-state index in [2.05, 4.69) is 48.7 Å². The van der Waals surface area contributed by atoms with Crippen LogP contribution in [0.25, 0.3) is 10.9 Å². The number of fused-ring (bicyclic) bond motifs is 1. The number of oxime groups is 1. The van der Waals surface area contributed by atoms with E-state index in [-0.39, 0.29) is 5.91 Å². The second-order valence-electron chi connectivity index (χ2n) is 6.79. The third kappa shape index (κ3) is 3.16. The van der Waals surface area contributed by atoms with Crippen LogP contribution in [0.5, 0.6) is 0 Å². The fraction of sp³-hybridized carbons (Fsp3) is 0.474. The lowest BCUT2D eigenvalue weighted by Gasteiger charge is -2.21. The Morgan fingerprint density at radius 2 is 2.17 bits per heavy atom. The molecule has 24 heavy (non-hydrogen) atoms. The first-order chi connectivity index (χ1) is 11.5. The van der Waals surface area contributed by atoms with Crippen molar-refractivity contribution < 1.29 is 9.63 Å². The Kier molecular flexibility index (Phi) is 4.60. The molecule has 5 nitrogen and oxygen atoms in total. The number of amides is 1. The molecule has 1 aliphatic heterocycles. The minimum atomic E-state index is -0.463. The molecule has 2 heterocycles. The lowest BCUT2D eigenvalue weighted by molar-refractivity contribution is -0.140. The van der Waals surface area contributed by atoms with Crippen molar-refractivity contribution in [2.45, 2.75) is 39.8 Å². The highest BCUT2D eigenvalue weighted by Gasteiger charge is 2.31. The molecule has 1 aromatic carbocycles. The van der Waals surface area contributed by atoms with Gasteiger partial charge in [0.05, 0.1) is 5.71 Å². The number of carbonyl (C=O) groups excluding carboxylic acids is 1. The second kappa shape index (κ2) is 6.67. The van der Waals surface area contributed by atoms with Gasteiger partial charge in [0.2, 0.25) is 6.10 Å². The smallest absolute Gasteiger partial charge is 0.266 e. The summed E-state index contributed by atoms with van der Waals surface area (Å²) in [5.41, 5.74) is 3.38. The molecular weight excluding hydrogens is 302 g/mol. The Morgan fingerprint density at radius 3 is 2.88 bits per heavy atom. The van der Waals surface area contributed by atoms with Crippen molar-refractivity contribution in [3.8, 4) is 0 Å². The molecule has 2 aromatic rings. The van der Waals surface area contributed by atoms with Crippen LogP contribution < -0.4 is 0 Å². The highest BCUT2D eigenvalue weighted by molar-refractivity contribution is 5.93. The first kappa shape index (κ1) is 16.6. The quantitative estimate of drug-likeness (QED) is 0.846. The standard InChI is InChI=1S/C19H25N3O2/c1-13(2)16-12-18(24-20-16)19(23)21(4)9-10-22-14(3)11-15-7-5-6-8-17(15)22/h5-8,11,13,18H,9-10,12H2,1-4H3. The molecule has 0 fully saturated rings. The maximum Gasteiger partial charge on any atom is 0.266 e. The van der Waals surface area contributed by atoms with Gasteiger partial charge in [-0.25, -0.2) is 0 Å². The molecule has 0 spiro atoms. The summed E-state index contributed by atoms with van der Waals surface area (Å²) >= 11 is 0. The maximum atomic E-state index is 12.5. The molecule has 1 aromatic heterocycles. The third-order valence-corrected chi connectivity index (χ3v) is 4.69. The second-order valence-corrected chi connectivity index (χ2v) is 6.79. The van der Waals surface area contributed by atoms with Gasteiger partial charge in [-0.1, -0.05) is 37.2 Å². The molecule has 1 amide bonds. The van der Waals surface area contributed by atoms with Gasteiger partial charge in [0.1, 0.15) is 0 Å². The predicted octanol–water partition coefficient (Wildman–Crippen LogP) is 3.21. The van der Waals surface area contributed by atoms with E-state index >= 15 is 0 Å². The summed E-state index contributed by atoms with van der Waals surface area (Å²) in [4.78, 5) is 19.6. The summed E-state index contributed by atoms with van der Waals surface area (Å²) in [6.07, 6.45) is 0.140. The first-order valence-corrected chi connectivity index (χ1v) is 8.50. The van der Waals surface area contributed by atoms with Crippen molar-refractivity contribution in [1.82, 2.24) is 9.47 Å². The lowest BCUT2D eigenvalue weighted by Crippen LogP contribution is -2.38. The number of hydrogen-bond acceptors (Lipinski definition) is 3. The van der Waals surface area contributed by atoms with Gasteiger partial charge < -0.3 is 14.3 Å². The molecule has 128 valence electrons. The Morgan fingerprint density at radius 1 is 1.42 bits per heavy atom. The molecule has 0 aliphatic carbocycles. The monoisotopic (exact) mass is 327 g/mol. The normalized spacial score (nSPS) is 17.2. The van der Waals surface area contributed by atoms with Crippen LogP contribution in [0.15, 0.2) is 35.5 Å². The van der Waals surface area contributed by atoms with E-state index in [0.717, 1.165) is 12.3 Å². The van der Waals surface area contributed by atoms with Crippen LogP contribution in [0.3, 0.4) is 0 Å². The average Bonchev–Trinajstić information content (AvgIpc) is 3.16. The number of nitrogens with zero attached hydrogens (tertiary/aromatic N) is 3. The fourth-order valence-electron chi connectivity index (χ4n) is 3.12. The van der Waals surface area contributed by atoms with Crippen molar-refractivity contribution in [2.24, 2.45) is 11.1 Å². The molecular formula is C19H25N3O2. The zero-order chi connectivity index (χ0) is 17.3. The molecule has 1 aliphatic rings. The lowest BCUT2D eigenvalue weighted by atomic mass is 10.0. The number of carbonyl (C=O) groups is 1. The van der Waals surface area contributed by atoms with Gasteiger partial charge in [-0.15, -0.1) is 0 Å². The number of para-hydroxylation sites is 1. The van der Waals surface area contributed by atoms with Crippen LogP contribution in [-0.2, 0) is 16.2 Å².